The number of nitrogens with two attached hydrogens (primary N) is 1. The van der Waals surface area contributed by atoms with Crippen molar-refractivity contribution in [2.45, 2.75) is 25.1 Å². The van der Waals surface area contributed by atoms with E-state index in [4.69, 9.17) is 10.8 Å². The Morgan fingerprint density at radius 3 is 2.52 bits per heavy atom. The molecule has 1 aliphatic rings. The van der Waals surface area contributed by atoms with E-state index < -0.39 is 15.9 Å². The van der Waals surface area contributed by atoms with Gasteiger partial charge >= 0.3 is 0 Å². The first-order valence-corrected chi connectivity index (χ1v) is 8.79. The van der Waals surface area contributed by atoms with Crippen molar-refractivity contribution in [3.63, 3.8) is 0 Å². The molecule has 1 saturated heterocycles. The Morgan fingerprint density at radius 2 is 2.00 bits per heavy atom. The lowest BCUT2D eigenvalue weighted by Gasteiger charge is -2.29. The average Bonchev–Trinajstić information content (AvgIpc) is 2.80. The Hall–Kier alpha value is -1.15. The van der Waals surface area contributed by atoms with Gasteiger partial charge < -0.3 is 15.9 Å². The molecule has 1 heterocycles. The highest BCUT2D eigenvalue weighted by Gasteiger charge is 2.32. The fraction of sp³-hybridized carbons (Fsp3) is 0.571. The molecule has 2 atom stereocenters. The first-order valence-electron chi connectivity index (χ1n) is 6.97. The van der Waals surface area contributed by atoms with Gasteiger partial charge in [0.05, 0.1) is 24.2 Å². The van der Waals surface area contributed by atoms with Gasteiger partial charge in [-0.05, 0) is 24.1 Å². The van der Waals surface area contributed by atoms with Crippen LogP contribution in [0.1, 0.15) is 12.0 Å². The molecule has 7 heteroatoms. The number of aliphatic hydroxyl groups is 2. The van der Waals surface area contributed by atoms with Crippen LogP contribution in [-0.4, -0.2) is 60.3 Å². The Morgan fingerprint density at radius 1 is 1.33 bits per heavy atom. The minimum atomic E-state index is -2.99. The van der Waals surface area contributed by atoms with E-state index in [1.807, 2.05) is 17.0 Å². The minimum Gasteiger partial charge on any atom is -0.399 e. The number of benzene rings is 1. The Bertz CT molecular complexity index is 559. The lowest BCUT2D eigenvalue weighted by atomic mass is 10.1. The van der Waals surface area contributed by atoms with Crippen LogP contribution in [0.25, 0.3) is 0 Å². The van der Waals surface area contributed by atoms with Crippen molar-refractivity contribution in [2.24, 2.45) is 0 Å². The van der Waals surface area contributed by atoms with Crippen LogP contribution in [0.15, 0.2) is 24.3 Å². The van der Waals surface area contributed by atoms with Crippen molar-refractivity contribution in [1.82, 2.24) is 4.90 Å². The van der Waals surface area contributed by atoms with Crippen LogP contribution in [0.5, 0.6) is 0 Å². The Labute approximate surface area is 125 Å². The number of anilines is 1. The van der Waals surface area contributed by atoms with Gasteiger partial charge in [0.2, 0.25) is 0 Å². The molecule has 1 aromatic carbocycles. The van der Waals surface area contributed by atoms with Crippen molar-refractivity contribution in [3.8, 4) is 0 Å². The number of nitrogen functional groups attached to an aromatic ring is 1. The van der Waals surface area contributed by atoms with E-state index in [-0.39, 0.29) is 30.7 Å². The van der Waals surface area contributed by atoms with Gasteiger partial charge in [0.15, 0.2) is 9.84 Å². The first-order chi connectivity index (χ1) is 9.89. The van der Waals surface area contributed by atoms with Crippen LogP contribution >= 0.6 is 0 Å². The molecule has 118 valence electrons. The molecule has 0 aromatic heterocycles. The molecule has 4 N–H and O–H groups in total. The molecule has 0 bridgehead atoms. The maximum Gasteiger partial charge on any atom is 0.151 e. The summed E-state index contributed by atoms with van der Waals surface area (Å²) in [5, 5.41) is 18.7. The van der Waals surface area contributed by atoms with Gasteiger partial charge in [-0.3, -0.25) is 4.90 Å². The third kappa shape index (κ3) is 4.67. The number of nitrogens with zero attached hydrogens (tertiary/aromatic N) is 1. The maximum absolute atomic E-state index is 11.6. The fourth-order valence-electron chi connectivity index (χ4n) is 2.59. The second-order valence-electron chi connectivity index (χ2n) is 5.56. The number of hydrogen-bond donors (Lipinski definition) is 3. The Kier molecular flexibility index (Phi) is 5.21. The highest BCUT2D eigenvalue weighted by molar-refractivity contribution is 7.91. The SMILES string of the molecule is Nc1ccc(CN(C[C@H](O)CO)[C@@H]2CCS(=O)(=O)C2)cc1. The molecule has 1 aliphatic heterocycles. The molecule has 0 spiro atoms. The van der Waals surface area contributed by atoms with Gasteiger partial charge in [-0.1, -0.05) is 12.1 Å². The summed E-state index contributed by atoms with van der Waals surface area (Å²) in [4.78, 5) is 1.93. The monoisotopic (exact) mass is 314 g/mol. The Balaban J connectivity index is 2.10. The highest BCUT2D eigenvalue weighted by atomic mass is 32.2. The minimum absolute atomic E-state index is 0.111. The van der Waals surface area contributed by atoms with Gasteiger partial charge in [-0.2, -0.15) is 0 Å². The van der Waals surface area contributed by atoms with Crippen LogP contribution in [0.3, 0.4) is 0 Å². The van der Waals surface area contributed by atoms with Gasteiger partial charge in [-0.25, -0.2) is 8.42 Å². The molecule has 2 rings (SSSR count). The predicted octanol–water partition coefficient (Wildman–Crippen LogP) is -0.389. The summed E-state index contributed by atoms with van der Waals surface area (Å²) in [5.41, 5.74) is 7.32. The van der Waals surface area contributed by atoms with Crippen molar-refractivity contribution >= 4 is 15.5 Å². The molecular weight excluding hydrogens is 292 g/mol. The second kappa shape index (κ2) is 6.74. The van der Waals surface area contributed by atoms with Crippen LogP contribution in [0.2, 0.25) is 0 Å². The molecule has 1 aromatic rings. The van der Waals surface area contributed by atoms with Gasteiger partial charge in [0, 0.05) is 24.8 Å². The van der Waals surface area contributed by atoms with Crippen LogP contribution in [0.4, 0.5) is 5.69 Å². The normalized spacial score (nSPS) is 22.5. The maximum atomic E-state index is 11.6. The largest absolute Gasteiger partial charge is 0.399 e. The lowest BCUT2D eigenvalue weighted by Crippen LogP contribution is -2.41. The first kappa shape index (κ1) is 16.2. The average molecular weight is 314 g/mol. The number of rotatable bonds is 6. The smallest absolute Gasteiger partial charge is 0.151 e. The zero-order valence-corrected chi connectivity index (χ0v) is 12.7. The fourth-order valence-corrected chi connectivity index (χ4v) is 4.35. The second-order valence-corrected chi connectivity index (χ2v) is 7.79. The molecule has 0 amide bonds. The topological polar surface area (TPSA) is 104 Å². The predicted molar refractivity (Wildman–Crippen MR) is 81.4 cm³/mol. The van der Waals surface area contributed by atoms with E-state index >= 15 is 0 Å². The molecular formula is C14H22N2O4S. The molecule has 6 nitrogen and oxygen atoms in total. The molecule has 0 radical (unpaired) electrons. The van der Waals surface area contributed by atoms with E-state index in [9.17, 15) is 13.5 Å². The summed E-state index contributed by atoms with van der Waals surface area (Å²) >= 11 is 0. The van der Waals surface area contributed by atoms with Crippen LogP contribution in [0, 0.1) is 0 Å². The summed E-state index contributed by atoms with van der Waals surface area (Å²) < 4.78 is 23.3. The summed E-state index contributed by atoms with van der Waals surface area (Å²) in [6.45, 7) is 0.441. The van der Waals surface area contributed by atoms with Crippen molar-refractivity contribution < 1.29 is 18.6 Å². The molecule has 21 heavy (non-hydrogen) atoms. The van der Waals surface area contributed by atoms with E-state index in [1.54, 1.807) is 12.1 Å². The molecule has 0 aliphatic carbocycles. The standard InChI is InChI=1S/C14H22N2O4S/c15-12-3-1-11(2-4-12)7-16(8-14(18)9-17)13-5-6-21(19,20)10-13/h1-4,13-14,17-18H,5-10,15H2/t13-,14+/m1/s1. The van der Waals surface area contributed by atoms with E-state index in [0.717, 1.165) is 5.56 Å². The summed E-state index contributed by atoms with van der Waals surface area (Å²) in [6, 6.07) is 7.24. The van der Waals surface area contributed by atoms with Crippen molar-refractivity contribution in [1.29, 1.82) is 0 Å². The quantitative estimate of drug-likeness (QED) is 0.618. The van der Waals surface area contributed by atoms with Crippen molar-refractivity contribution in [2.75, 3.05) is 30.4 Å². The van der Waals surface area contributed by atoms with Crippen LogP contribution in [-0.2, 0) is 16.4 Å². The van der Waals surface area contributed by atoms with Gasteiger partial charge in [0.25, 0.3) is 0 Å². The highest BCUT2D eigenvalue weighted by Crippen LogP contribution is 2.20. The third-order valence-electron chi connectivity index (χ3n) is 3.75. The van der Waals surface area contributed by atoms with E-state index in [0.29, 0.717) is 18.7 Å². The lowest BCUT2D eigenvalue weighted by molar-refractivity contribution is 0.0447. The molecule has 1 fully saturated rings. The number of hydrogen-bond acceptors (Lipinski definition) is 6. The van der Waals surface area contributed by atoms with E-state index in [1.165, 1.54) is 0 Å². The molecule has 0 saturated carbocycles. The van der Waals surface area contributed by atoms with E-state index in [2.05, 4.69) is 0 Å². The summed E-state index contributed by atoms with van der Waals surface area (Å²) in [5.74, 6) is 0.297. The van der Waals surface area contributed by atoms with Gasteiger partial charge in [-0.15, -0.1) is 0 Å². The van der Waals surface area contributed by atoms with Gasteiger partial charge in [0.1, 0.15) is 0 Å². The number of aliphatic hydroxyl groups excluding tert-OH is 2. The summed E-state index contributed by atoms with van der Waals surface area (Å²) in [6.07, 6.45) is -0.308. The van der Waals surface area contributed by atoms with Crippen LogP contribution < -0.4 is 5.73 Å². The zero-order valence-electron chi connectivity index (χ0n) is 11.9. The summed E-state index contributed by atoms with van der Waals surface area (Å²) in [7, 11) is -2.99. The number of sulfone groups is 1. The zero-order chi connectivity index (χ0) is 15.5. The third-order valence-corrected chi connectivity index (χ3v) is 5.50. The van der Waals surface area contributed by atoms with Crippen molar-refractivity contribution in [3.05, 3.63) is 29.8 Å². The molecule has 0 unspecified atom stereocenters.